The number of carbonyl (C=O) groups is 1. The van der Waals surface area contributed by atoms with Gasteiger partial charge in [-0.05, 0) is 55.3 Å². The third-order valence-electron chi connectivity index (χ3n) is 4.69. The molecule has 0 spiro atoms. The third-order valence-corrected chi connectivity index (χ3v) is 4.69. The van der Waals surface area contributed by atoms with E-state index in [0.29, 0.717) is 22.5 Å². The number of nitrogens with zero attached hydrogens (tertiary/aromatic N) is 3. The van der Waals surface area contributed by atoms with Crippen LogP contribution in [-0.2, 0) is 4.79 Å². The van der Waals surface area contributed by atoms with Gasteiger partial charge in [0.15, 0.2) is 0 Å². The van der Waals surface area contributed by atoms with Gasteiger partial charge >= 0.3 is 0 Å². The monoisotopic (exact) mass is 390 g/mol. The smallest absolute Gasteiger partial charge is 0.252 e. The van der Waals surface area contributed by atoms with Gasteiger partial charge in [0.1, 0.15) is 5.82 Å². The van der Waals surface area contributed by atoms with E-state index in [4.69, 9.17) is 0 Å². The zero-order valence-corrected chi connectivity index (χ0v) is 16.5. The Morgan fingerprint density at radius 2 is 2.03 bits per heavy atom. The molecule has 1 N–H and O–H groups in total. The minimum atomic E-state index is -0.323. The molecule has 5 nitrogen and oxygen atoms in total. The number of carbonyl (C=O) groups excluding carboxylic acids is 1. The number of hydrogen-bond donors (Lipinski definition) is 1. The number of amides is 1. The summed E-state index contributed by atoms with van der Waals surface area (Å²) in [6, 6.07) is 9.64. The van der Waals surface area contributed by atoms with E-state index in [9.17, 15) is 9.18 Å². The van der Waals surface area contributed by atoms with E-state index in [1.165, 1.54) is 12.1 Å². The van der Waals surface area contributed by atoms with Crippen molar-refractivity contribution in [3.05, 3.63) is 90.3 Å². The van der Waals surface area contributed by atoms with Crippen molar-refractivity contribution in [3.63, 3.8) is 0 Å². The summed E-state index contributed by atoms with van der Waals surface area (Å²) in [6.45, 7) is 7.68. The maximum atomic E-state index is 13.3. The van der Waals surface area contributed by atoms with Crippen molar-refractivity contribution in [2.75, 3.05) is 0 Å². The number of allylic oxidation sites excluding steroid dienone is 1. The highest BCUT2D eigenvalue weighted by Crippen LogP contribution is 2.25. The largest absolute Gasteiger partial charge is 0.345 e. The first-order valence-corrected chi connectivity index (χ1v) is 9.42. The third kappa shape index (κ3) is 4.32. The van der Waals surface area contributed by atoms with Crippen molar-refractivity contribution in [3.8, 4) is 5.69 Å². The molecule has 6 heteroatoms. The second-order valence-corrected chi connectivity index (χ2v) is 6.46. The fraction of sp³-hybridized carbons (Fsp3) is 0.174. The van der Waals surface area contributed by atoms with Gasteiger partial charge < -0.3 is 5.32 Å². The predicted molar refractivity (Wildman–Crippen MR) is 113 cm³/mol. The molecule has 2 heterocycles. The van der Waals surface area contributed by atoms with Gasteiger partial charge in [-0.25, -0.2) is 9.07 Å². The molecule has 1 amide bonds. The van der Waals surface area contributed by atoms with Gasteiger partial charge in [-0.1, -0.05) is 25.6 Å². The van der Waals surface area contributed by atoms with Crippen LogP contribution in [0.5, 0.6) is 0 Å². The van der Waals surface area contributed by atoms with Crippen LogP contribution < -0.4 is 5.32 Å². The number of pyridine rings is 1. The van der Waals surface area contributed by atoms with Gasteiger partial charge in [-0.15, -0.1) is 0 Å². The zero-order valence-electron chi connectivity index (χ0n) is 16.5. The van der Waals surface area contributed by atoms with Crippen LogP contribution in [0.4, 0.5) is 4.39 Å². The Balaban J connectivity index is 1.91. The van der Waals surface area contributed by atoms with Crippen LogP contribution in [0.1, 0.15) is 43.1 Å². The second kappa shape index (κ2) is 9.10. The van der Waals surface area contributed by atoms with E-state index in [0.717, 1.165) is 12.0 Å². The summed E-state index contributed by atoms with van der Waals surface area (Å²) in [5, 5.41) is 7.46. The predicted octanol–water partition coefficient (Wildman–Crippen LogP) is 4.72. The molecule has 0 aliphatic rings. The molecule has 29 heavy (non-hydrogen) atoms. The fourth-order valence-corrected chi connectivity index (χ4v) is 3.20. The van der Waals surface area contributed by atoms with Crippen molar-refractivity contribution in [2.45, 2.75) is 26.3 Å². The van der Waals surface area contributed by atoms with Gasteiger partial charge in [-0.3, -0.25) is 9.78 Å². The first-order chi connectivity index (χ1) is 14.1. The Morgan fingerprint density at radius 3 is 2.62 bits per heavy atom. The standard InChI is InChI=1S/C23H23FN4O/c1-4-19(23(29)27-21(5-2)16-8-7-13-25-14-16)20-15-26-28(22(20)6-3)18-11-9-17(24)10-12-18/h4,6-15,21H,3,5H2,1-2H3,(H,27,29)/b19-4+. The molecule has 2 aromatic heterocycles. The molecule has 0 saturated carbocycles. The molecule has 0 aliphatic carbocycles. The summed E-state index contributed by atoms with van der Waals surface area (Å²) < 4.78 is 14.9. The number of halogens is 1. The number of aromatic nitrogens is 3. The first kappa shape index (κ1) is 20.2. The SMILES string of the molecule is C=Cc1c(/C(=C\C)C(=O)NC(CC)c2cccnc2)cnn1-c1ccc(F)cc1. The molecule has 0 radical (unpaired) electrons. The highest BCUT2D eigenvalue weighted by molar-refractivity contribution is 6.20. The number of nitrogens with one attached hydrogen (secondary N) is 1. The lowest BCUT2D eigenvalue weighted by molar-refractivity contribution is -0.116. The van der Waals surface area contributed by atoms with Crippen LogP contribution in [0, 0.1) is 5.82 Å². The van der Waals surface area contributed by atoms with Gasteiger partial charge in [0.25, 0.3) is 5.91 Å². The summed E-state index contributed by atoms with van der Waals surface area (Å²) in [5.41, 5.74) is 3.45. The molecule has 1 atom stereocenters. The van der Waals surface area contributed by atoms with Crippen LogP contribution >= 0.6 is 0 Å². The molecular formula is C23H23FN4O. The van der Waals surface area contributed by atoms with Crippen molar-refractivity contribution < 1.29 is 9.18 Å². The highest BCUT2D eigenvalue weighted by atomic mass is 19.1. The lowest BCUT2D eigenvalue weighted by Gasteiger charge is -2.18. The summed E-state index contributed by atoms with van der Waals surface area (Å²) >= 11 is 0. The van der Waals surface area contributed by atoms with Crippen molar-refractivity contribution >= 4 is 17.6 Å². The van der Waals surface area contributed by atoms with Gasteiger partial charge in [0, 0.05) is 23.5 Å². The number of rotatable bonds is 7. The maximum absolute atomic E-state index is 13.3. The Kier molecular flexibility index (Phi) is 6.34. The molecule has 148 valence electrons. The van der Waals surface area contributed by atoms with E-state index in [1.54, 1.807) is 47.6 Å². The lowest BCUT2D eigenvalue weighted by atomic mass is 10.0. The zero-order chi connectivity index (χ0) is 20.8. The van der Waals surface area contributed by atoms with Crippen LogP contribution in [0.3, 0.4) is 0 Å². The summed E-state index contributed by atoms with van der Waals surface area (Å²) in [5.74, 6) is -0.527. The lowest BCUT2D eigenvalue weighted by Crippen LogP contribution is -2.29. The molecule has 3 aromatic rings. The number of benzene rings is 1. The topological polar surface area (TPSA) is 59.8 Å². The van der Waals surface area contributed by atoms with Crippen molar-refractivity contribution in [2.24, 2.45) is 0 Å². The quantitative estimate of drug-likeness (QED) is 0.594. The van der Waals surface area contributed by atoms with Crippen LogP contribution in [0.2, 0.25) is 0 Å². The van der Waals surface area contributed by atoms with Gasteiger partial charge in [-0.2, -0.15) is 5.10 Å². The summed E-state index contributed by atoms with van der Waals surface area (Å²) in [6.07, 6.45) is 9.21. The van der Waals surface area contributed by atoms with Gasteiger partial charge in [0.05, 0.1) is 23.6 Å². The molecule has 3 rings (SSSR count). The number of hydrogen-bond acceptors (Lipinski definition) is 3. The van der Waals surface area contributed by atoms with E-state index >= 15 is 0 Å². The first-order valence-electron chi connectivity index (χ1n) is 9.42. The minimum absolute atomic E-state index is 0.148. The average molecular weight is 390 g/mol. The molecule has 1 unspecified atom stereocenters. The van der Waals surface area contributed by atoms with Crippen LogP contribution in [0.25, 0.3) is 17.3 Å². The van der Waals surface area contributed by atoms with E-state index in [1.807, 2.05) is 26.0 Å². The van der Waals surface area contributed by atoms with Crippen LogP contribution in [-0.4, -0.2) is 20.7 Å². The molecule has 0 fully saturated rings. The molecule has 0 bridgehead atoms. The molecule has 1 aromatic carbocycles. The van der Waals surface area contributed by atoms with E-state index < -0.39 is 0 Å². The molecular weight excluding hydrogens is 367 g/mol. The Morgan fingerprint density at radius 1 is 1.28 bits per heavy atom. The minimum Gasteiger partial charge on any atom is -0.345 e. The summed E-state index contributed by atoms with van der Waals surface area (Å²) in [4.78, 5) is 17.2. The summed E-state index contributed by atoms with van der Waals surface area (Å²) in [7, 11) is 0. The molecule has 0 aliphatic heterocycles. The highest BCUT2D eigenvalue weighted by Gasteiger charge is 2.21. The van der Waals surface area contributed by atoms with E-state index in [2.05, 4.69) is 22.0 Å². The average Bonchev–Trinajstić information content (AvgIpc) is 3.17. The Hall–Kier alpha value is -3.54. The Labute approximate surface area is 169 Å². The normalized spacial score (nSPS) is 12.4. The van der Waals surface area contributed by atoms with E-state index in [-0.39, 0.29) is 17.8 Å². The maximum Gasteiger partial charge on any atom is 0.252 e. The fourth-order valence-electron chi connectivity index (χ4n) is 3.20. The van der Waals surface area contributed by atoms with Gasteiger partial charge in [0.2, 0.25) is 0 Å². The molecule has 0 saturated heterocycles. The van der Waals surface area contributed by atoms with Crippen molar-refractivity contribution in [1.29, 1.82) is 0 Å². The van der Waals surface area contributed by atoms with Crippen molar-refractivity contribution in [1.82, 2.24) is 20.1 Å². The Bertz CT molecular complexity index is 1020. The second-order valence-electron chi connectivity index (χ2n) is 6.46. The van der Waals surface area contributed by atoms with Crippen LogP contribution in [0.15, 0.2) is 67.6 Å².